The van der Waals surface area contributed by atoms with Gasteiger partial charge in [0.2, 0.25) is 5.92 Å². The smallest absolute Gasteiger partial charge is 0.389 e. The lowest BCUT2D eigenvalue weighted by molar-refractivity contribution is -0.174. The molecule has 1 fully saturated rings. The first-order valence-electron chi connectivity index (χ1n) is 8.00. The Kier molecular flexibility index (Phi) is 6.45. The molecule has 146 valence electrons. The number of halogens is 5. The van der Waals surface area contributed by atoms with E-state index >= 15 is 0 Å². The van der Waals surface area contributed by atoms with Crippen LogP contribution in [0.2, 0.25) is 0 Å². The van der Waals surface area contributed by atoms with Gasteiger partial charge in [-0.2, -0.15) is 13.2 Å². The molecule has 0 aromatic carbocycles. The minimum atomic E-state index is -4.57. The topological polar surface area (TPSA) is 63.6 Å². The summed E-state index contributed by atoms with van der Waals surface area (Å²) in [5.74, 6) is -9.02. The lowest BCUT2D eigenvalue weighted by atomic mass is 9.72. The Morgan fingerprint density at radius 2 is 1.68 bits per heavy atom. The van der Waals surface area contributed by atoms with Gasteiger partial charge in [-0.1, -0.05) is 0 Å². The third kappa shape index (κ3) is 7.56. The number of carboxylic acids is 1. The van der Waals surface area contributed by atoms with Crippen molar-refractivity contribution < 1.29 is 41.4 Å². The van der Waals surface area contributed by atoms with Crippen LogP contribution in [-0.2, 0) is 14.3 Å². The molecule has 2 atom stereocenters. The fraction of sp³-hybridized carbons (Fsp3) is 0.875. The molecular weight excluding hydrogens is 351 g/mol. The number of hydrogen-bond acceptors (Lipinski definition) is 3. The molecule has 0 bridgehead atoms. The summed E-state index contributed by atoms with van der Waals surface area (Å²) in [6.07, 6.45) is -7.97. The Balaban J connectivity index is 2.92. The van der Waals surface area contributed by atoms with Crippen LogP contribution in [-0.4, -0.2) is 34.7 Å². The fourth-order valence-electron chi connectivity index (χ4n) is 2.93. The van der Waals surface area contributed by atoms with Crippen LogP contribution in [0, 0.1) is 17.8 Å². The van der Waals surface area contributed by atoms with Gasteiger partial charge in [-0.05, 0) is 39.5 Å². The second-order valence-corrected chi connectivity index (χ2v) is 7.60. The highest BCUT2D eigenvalue weighted by molar-refractivity contribution is 5.81. The maximum atomic E-state index is 13.0. The minimum absolute atomic E-state index is 0.223. The Morgan fingerprint density at radius 1 is 1.16 bits per heavy atom. The van der Waals surface area contributed by atoms with Crippen molar-refractivity contribution >= 4 is 11.9 Å². The van der Waals surface area contributed by atoms with E-state index in [0.29, 0.717) is 0 Å². The summed E-state index contributed by atoms with van der Waals surface area (Å²) in [6.45, 7) is 4.60. The summed E-state index contributed by atoms with van der Waals surface area (Å²) < 4.78 is 68.4. The van der Waals surface area contributed by atoms with Gasteiger partial charge in [0.25, 0.3) is 0 Å². The Hall–Kier alpha value is -1.41. The summed E-state index contributed by atoms with van der Waals surface area (Å²) in [5.41, 5.74) is -0.966. The summed E-state index contributed by atoms with van der Waals surface area (Å²) >= 11 is 0. The normalized spacial score (nSPS) is 20.5. The standard InChI is InChI=1S/C16H23F5O4/c1-14(2,3)25-13(24)11(6-9-7-15(17,18)8-9)10(12(22)23)4-5-16(19,20)21/h9-11H,4-8H2,1-3H3,(H,22,23)/t10-,11-/m1/s1. The van der Waals surface area contributed by atoms with E-state index in [0.717, 1.165) is 0 Å². The van der Waals surface area contributed by atoms with E-state index in [-0.39, 0.29) is 6.42 Å². The third-order valence-electron chi connectivity index (χ3n) is 4.01. The van der Waals surface area contributed by atoms with Crippen LogP contribution in [0.1, 0.15) is 52.9 Å². The second-order valence-electron chi connectivity index (χ2n) is 7.60. The van der Waals surface area contributed by atoms with Crippen molar-refractivity contribution in [2.45, 2.75) is 70.6 Å². The summed E-state index contributed by atoms with van der Waals surface area (Å²) in [6, 6.07) is 0. The summed E-state index contributed by atoms with van der Waals surface area (Å²) in [7, 11) is 0. The van der Waals surface area contributed by atoms with Crippen LogP contribution in [0.4, 0.5) is 22.0 Å². The molecule has 1 aliphatic carbocycles. The SMILES string of the molecule is CC(C)(C)OC(=O)[C@H](CC1CC(F)(F)C1)[C@@H](CCC(F)(F)F)C(=O)O. The zero-order valence-corrected chi connectivity index (χ0v) is 14.3. The number of aliphatic carboxylic acids is 1. The number of esters is 1. The van der Waals surface area contributed by atoms with E-state index in [9.17, 15) is 36.6 Å². The van der Waals surface area contributed by atoms with Crippen LogP contribution in [0.5, 0.6) is 0 Å². The van der Waals surface area contributed by atoms with Crippen molar-refractivity contribution in [3.8, 4) is 0 Å². The number of carbonyl (C=O) groups is 2. The first-order chi connectivity index (χ1) is 11.1. The van der Waals surface area contributed by atoms with Crippen molar-refractivity contribution in [2.24, 2.45) is 17.8 Å². The third-order valence-corrected chi connectivity index (χ3v) is 4.01. The lowest BCUT2D eigenvalue weighted by Gasteiger charge is -2.38. The number of alkyl halides is 5. The highest BCUT2D eigenvalue weighted by Gasteiger charge is 2.49. The minimum Gasteiger partial charge on any atom is -0.481 e. The molecule has 0 heterocycles. The van der Waals surface area contributed by atoms with Crippen molar-refractivity contribution in [3.05, 3.63) is 0 Å². The Labute approximate surface area is 142 Å². The second kappa shape index (κ2) is 7.45. The maximum Gasteiger partial charge on any atom is 0.389 e. The zero-order valence-electron chi connectivity index (χ0n) is 14.3. The average molecular weight is 374 g/mol. The van der Waals surface area contributed by atoms with Gasteiger partial charge in [0.05, 0.1) is 11.8 Å². The molecule has 0 unspecified atom stereocenters. The van der Waals surface area contributed by atoms with Gasteiger partial charge in [-0.15, -0.1) is 0 Å². The van der Waals surface area contributed by atoms with Gasteiger partial charge in [-0.25, -0.2) is 8.78 Å². The number of ether oxygens (including phenoxy) is 1. The molecule has 0 spiro atoms. The maximum absolute atomic E-state index is 13.0. The van der Waals surface area contributed by atoms with Gasteiger partial charge >= 0.3 is 18.1 Å². The molecule has 1 saturated carbocycles. The Morgan fingerprint density at radius 3 is 2.04 bits per heavy atom. The molecule has 0 amide bonds. The van der Waals surface area contributed by atoms with E-state index < -0.39 is 73.1 Å². The van der Waals surface area contributed by atoms with E-state index in [1.54, 1.807) is 0 Å². The molecule has 25 heavy (non-hydrogen) atoms. The summed E-state index contributed by atoms with van der Waals surface area (Å²) in [4.78, 5) is 23.7. The van der Waals surface area contributed by atoms with Crippen LogP contribution in [0.3, 0.4) is 0 Å². The van der Waals surface area contributed by atoms with E-state index in [2.05, 4.69) is 0 Å². The van der Waals surface area contributed by atoms with Crippen LogP contribution in [0.25, 0.3) is 0 Å². The number of carboxylic acid groups (broad SMARTS) is 1. The first kappa shape index (κ1) is 21.6. The van der Waals surface area contributed by atoms with Gasteiger partial charge in [0, 0.05) is 19.3 Å². The molecule has 0 radical (unpaired) electrons. The number of rotatable bonds is 7. The molecule has 1 aliphatic rings. The van der Waals surface area contributed by atoms with Crippen molar-refractivity contribution in [1.29, 1.82) is 0 Å². The summed E-state index contributed by atoms with van der Waals surface area (Å²) in [5, 5.41) is 9.27. The zero-order chi connectivity index (χ0) is 19.6. The average Bonchev–Trinajstić information content (AvgIpc) is 2.31. The molecule has 0 aliphatic heterocycles. The highest BCUT2D eigenvalue weighted by atomic mass is 19.4. The number of hydrogen-bond donors (Lipinski definition) is 1. The molecule has 1 N–H and O–H groups in total. The van der Waals surface area contributed by atoms with Crippen molar-refractivity contribution in [1.82, 2.24) is 0 Å². The largest absolute Gasteiger partial charge is 0.481 e. The molecular formula is C16H23F5O4. The molecule has 1 rings (SSSR count). The van der Waals surface area contributed by atoms with Crippen molar-refractivity contribution in [3.63, 3.8) is 0 Å². The van der Waals surface area contributed by atoms with Crippen LogP contribution < -0.4 is 0 Å². The van der Waals surface area contributed by atoms with E-state index in [4.69, 9.17) is 4.74 Å². The van der Waals surface area contributed by atoms with E-state index in [1.165, 1.54) is 20.8 Å². The van der Waals surface area contributed by atoms with Crippen LogP contribution >= 0.6 is 0 Å². The molecule has 9 heteroatoms. The first-order valence-corrected chi connectivity index (χ1v) is 8.00. The predicted octanol–water partition coefficient (Wildman–Crippen LogP) is 4.42. The molecule has 0 aromatic heterocycles. The quantitative estimate of drug-likeness (QED) is 0.529. The Bertz CT molecular complexity index is 488. The fourth-order valence-corrected chi connectivity index (χ4v) is 2.93. The molecule has 0 saturated heterocycles. The molecule has 4 nitrogen and oxygen atoms in total. The van der Waals surface area contributed by atoms with Gasteiger partial charge < -0.3 is 9.84 Å². The predicted molar refractivity (Wildman–Crippen MR) is 78.0 cm³/mol. The molecule has 0 aromatic rings. The van der Waals surface area contributed by atoms with Gasteiger partial charge in [0.1, 0.15) is 5.60 Å². The van der Waals surface area contributed by atoms with Gasteiger partial charge in [-0.3, -0.25) is 9.59 Å². The van der Waals surface area contributed by atoms with E-state index in [1.807, 2.05) is 0 Å². The van der Waals surface area contributed by atoms with Crippen LogP contribution in [0.15, 0.2) is 0 Å². The van der Waals surface area contributed by atoms with Gasteiger partial charge in [0.15, 0.2) is 0 Å². The van der Waals surface area contributed by atoms with Crippen molar-refractivity contribution in [2.75, 3.05) is 0 Å². The highest BCUT2D eigenvalue weighted by Crippen LogP contribution is 2.47. The monoisotopic (exact) mass is 374 g/mol. The lowest BCUT2D eigenvalue weighted by Crippen LogP contribution is -2.42. The number of carbonyl (C=O) groups excluding carboxylic acids is 1.